The zero-order valence-electron chi connectivity index (χ0n) is 7.17. The molecule has 14 heavy (non-hydrogen) atoms. The molecule has 1 heterocycles. The molecule has 0 radical (unpaired) electrons. The number of carboxylic acid groups (broad SMARTS) is 1. The Bertz CT molecular complexity index is 356. The molecule has 0 saturated heterocycles. The van der Waals surface area contributed by atoms with E-state index in [9.17, 15) is 18.0 Å². The van der Waals surface area contributed by atoms with E-state index >= 15 is 0 Å². The quantitative estimate of drug-likeness (QED) is 0.803. The maximum Gasteiger partial charge on any atom is 0.420 e. The van der Waals surface area contributed by atoms with Gasteiger partial charge < -0.3 is 5.11 Å². The Morgan fingerprint density at radius 1 is 1.64 bits per heavy atom. The van der Waals surface area contributed by atoms with Crippen LogP contribution in [0.15, 0.2) is 6.20 Å². The van der Waals surface area contributed by atoms with E-state index in [2.05, 4.69) is 5.10 Å². The van der Waals surface area contributed by atoms with Crippen molar-refractivity contribution >= 4 is 5.97 Å². The molecule has 1 aromatic rings. The molecular formula is C7H7F3N2O2. The Hall–Kier alpha value is -1.53. The van der Waals surface area contributed by atoms with Crippen LogP contribution in [0.1, 0.15) is 23.0 Å². The second kappa shape index (κ2) is 3.32. The van der Waals surface area contributed by atoms with E-state index in [1.165, 1.54) is 0 Å². The van der Waals surface area contributed by atoms with Crippen molar-refractivity contribution in [2.45, 2.75) is 19.6 Å². The summed E-state index contributed by atoms with van der Waals surface area (Å²) < 4.78 is 37.7. The third kappa shape index (κ3) is 1.86. The molecule has 0 aromatic carbocycles. The molecule has 0 fully saturated rings. The summed E-state index contributed by atoms with van der Waals surface area (Å²) in [7, 11) is 0. The zero-order valence-corrected chi connectivity index (χ0v) is 7.17. The van der Waals surface area contributed by atoms with Gasteiger partial charge in [-0.1, -0.05) is 0 Å². The highest BCUT2D eigenvalue weighted by atomic mass is 19.4. The van der Waals surface area contributed by atoms with Gasteiger partial charge in [0.05, 0.1) is 0 Å². The molecule has 1 N–H and O–H groups in total. The Labute approximate surface area is 77.0 Å². The number of alkyl halides is 3. The molecule has 0 unspecified atom stereocenters. The lowest BCUT2D eigenvalue weighted by molar-refractivity contribution is -0.138. The molecule has 0 aliphatic rings. The van der Waals surface area contributed by atoms with E-state index in [-0.39, 0.29) is 6.54 Å². The van der Waals surface area contributed by atoms with Gasteiger partial charge >= 0.3 is 12.1 Å². The monoisotopic (exact) mass is 208 g/mol. The Morgan fingerprint density at radius 2 is 2.21 bits per heavy atom. The first-order chi connectivity index (χ1) is 6.36. The standard InChI is InChI=1S/C7H7F3N2O2/c1-2-12-3-4(7(8,9)10)5(11-12)6(13)14/h3H,2H2,1H3,(H,13,14). The predicted octanol–water partition coefficient (Wildman–Crippen LogP) is 1.62. The van der Waals surface area contributed by atoms with E-state index < -0.39 is 23.4 Å². The van der Waals surface area contributed by atoms with Crippen LogP contribution >= 0.6 is 0 Å². The number of carboxylic acids is 1. The number of hydrogen-bond acceptors (Lipinski definition) is 2. The van der Waals surface area contributed by atoms with Crippen LogP contribution in [0.4, 0.5) is 13.2 Å². The Morgan fingerprint density at radius 3 is 2.50 bits per heavy atom. The summed E-state index contributed by atoms with van der Waals surface area (Å²) in [6.07, 6.45) is -4.00. The number of carbonyl (C=O) groups is 1. The van der Waals surface area contributed by atoms with Crippen LogP contribution in [0.5, 0.6) is 0 Å². The second-order valence-electron chi connectivity index (χ2n) is 2.55. The summed E-state index contributed by atoms with van der Waals surface area (Å²) in [6, 6.07) is 0. The van der Waals surface area contributed by atoms with E-state index in [0.29, 0.717) is 6.20 Å². The van der Waals surface area contributed by atoms with Crippen molar-refractivity contribution in [3.8, 4) is 0 Å². The van der Waals surface area contributed by atoms with Crippen LogP contribution in [0.2, 0.25) is 0 Å². The fourth-order valence-corrected chi connectivity index (χ4v) is 0.949. The highest BCUT2D eigenvalue weighted by molar-refractivity contribution is 5.87. The van der Waals surface area contributed by atoms with Crippen molar-refractivity contribution in [2.75, 3.05) is 0 Å². The van der Waals surface area contributed by atoms with Gasteiger partial charge in [-0.05, 0) is 6.92 Å². The molecule has 0 saturated carbocycles. The molecule has 0 aliphatic heterocycles. The minimum Gasteiger partial charge on any atom is -0.476 e. The summed E-state index contributed by atoms with van der Waals surface area (Å²) in [5.41, 5.74) is -2.17. The molecule has 0 spiro atoms. The average molecular weight is 208 g/mol. The van der Waals surface area contributed by atoms with E-state index in [1.807, 2.05) is 0 Å². The smallest absolute Gasteiger partial charge is 0.420 e. The summed E-state index contributed by atoms with van der Waals surface area (Å²) in [5, 5.41) is 11.8. The molecule has 1 rings (SSSR count). The summed E-state index contributed by atoms with van der Waals surface area (Å²) in [4.78, 5) is 10.4. The van der Waals surface area contributed by atoms with Crippen molar-refractivity contribution in [1.29, 1.82) is 0 Å². The molecule has 0 bridgehead atoms. The predicted molar refractivity (Wildman–Crippen MR) is 39.9 cm³/mol. The molecule has 0 atom stereocenters. The lowest BCUT2D eigenvalue weighted by atomic mass is 10.2. The third-order valence-electron chi connectivity index (χ3n) is 1.59. The van der Waals surface area contributed by atoms with Crippen molar-refractivity contribution in [2.24, 2.45) is 0 Å². The number of hydrogen-bond donors (Lipinski definition) is 1. The van der Waals surface area contributed by atoms with Gasteiger partial charge in [0.2, 0.25) is 0 Å². The highest BCUT2D eigenvalue weighted by Gasteiger charge is 2.38. The van der Waals surface area contributed by atoms with Crippen LogP contribution in [0.3, 0.4) is 0 Å². The molecule has 0 amide bonds. The second-order valence-corrected chi connectivity index (χ2v) is 2.55. The SMILES string of the molecule is CCn1cc(C(F)(F)F)c(C(=O)O)n1. The lowest BCUT2D eigenvalue weighted by Gasteiger charge is -2.02. The third-order valence-corrected chi connectivity index (χ3v) is 1.59. The van der Waals surface area contributed by atoms with Gasteiger partial charge in [-0.15, -0.1) is 0 Å². The number of aromatic carboxylic acids is 1. The first-order valence-electron chi connectivity index (χ1n) is 3.74. The summed E-state index contributed by atoms with van der Waals surface area (Å²) >= 11 is 0. The first-order valence-corrected chi connectivity index (χ1v) is 3.74. The summed E-state index contributed by atoms with van der Waals surface area (Å²) in [5.74, 6) is -1.68. The first kappa shape index (κ1) is 10.6. The van der Waals surface area contributed by atoms with Gasteiger partial charge in [-0.2, -0.15) is 18.3 Å². The molecular weight excluding hydrogens is 201 g/mol. The molecule has 78 valence electrons. The van der Waals surface area contributed by atoms with Gasteiger partial charge in [0.1, 0.15) is 5.56 Å². The van der Waals surface area contributed by atoms with E-state index in [0.717, 1.165) is 4.68 Å². The summed E-state index contributed by atoms with van der Waals surface area (Å²) in [6.45, 7) is 1.76. The maximum absolute atomic E-state index is 12.2. The highest BCUT2D eigenvalue weighted by Crippen LogP contribution is 2.31. The van der Waals surface area contributed by atoms with Crippen molar-refractivity contribution in [3.63, 3.8) is 0 Å². The fourth-order valence-electron chi connectivity index (χ4n) is 0.949. The van der Waals surface area contributed by atoms with Crippen molar-refractivity contribution in [1.82, 2.24) is 9.78 Å². The number of halogens is 3. The average Bonchev–Trinajstić information content (AvgIpc) is 2.46. The molecule has 7 heteroatoms. The zero-order chi connectivity index (χ0) is 10.9. The van der Waals surface area contributed by atoms with Crippen LogP contribution in [-0.4, -0.2) is 20.9 Å². The molecule has 0 aliphatic carbocycles. The van der Waals surface area contributed by atoms with E-state index in [1.54, 1.807) is 6.92 Å². The van der Waals surface area contributed by atoms with Crippen LogP contribution < -0.4 is 0 Å². The van der Waals surface area contributed by atoms with Crippen LogP contribution in [0.25, 0.3) is 0 Å². The normalized spacial score (nSPS) is 11.7. The van der Waals surface area contributed by atoms with Crippen LogP contribution in [0, 0.1) is 0 Å². The minimum atomic E-state index is -4.68. The van der Waals surface area contributed by atoms with Gasteiger partial charge in [-0.25, -0.2) is 4.79 Å². The molecule has 1 aromatic heterocycles. The van der Waals surface area contributed by atoms with Gasteiger partial charge in [-0.3, -0.25) is 4.68 Å². The number of aryl methyl sites for hydroxylation is 1. The Kier molecular flexibility index (Phi) is 2.50. The number of aromatic nitrogens is 2. The lowest BCUT2D eigenvalue weighted by Crippen LogP contribution is -2.10. The maximum atomic E-state index is 12.2. The van der Waals surface area contributed by atoms with Crippen molar-refractivity contribution < 1.29 is 23.1 Å². The van der Waals surface area contributed by atoms with Crippen LogP contribution in [-0.2, 0) is 12.7 Å². The van der Waals surface area contributed by atoms with Gasteiger partial charge in [0.25, 0.3) is 0 Å². The van der Waals surface area contributed by atoms with E-state index in [4.69, 9.17) is 5.11 Å². The minimum absolute atomic E-state index is 0.191. The number of nitrogens with zero attached hydrogens (tertiary/aromatic N) is 2. The number of rotatable bonds is 2. The topological polar surface area (TPSA) is 55.1 Å². The Balaban J connectivity index is 3.26. The van der Waals surface area contributed by atoms with Gasteiger partial charge in [0.15, 0.2) is 5.69 Å². The largest absolute Gasteiger partial charge is 0.476 e. The van der Waals surface area contributed by atoms with Gasteiger partial charge in [0, 0.05) is 12.7 Å². The fraction of sp³-hybridized carbons (Fsp3) is 0.429. The molecule has 4 nitrogen and oxygen atoms in total. The van der Waals surface area contributed by atoms with Crippen molar-refractivity contribution in [3.05, 3.63) is 17.5 Å².